The highest BCUT2D eigenvalue weighted by Crippen LogP contribution is 2.35. The highest BCUT2D eigenvalue weighted by molar-refractivity contribution is 7.89. The van der Waals surface area contributed by atoms with Crippen LogP contribution >= 0.6 is 0 Å². The second kappa shape index (κ2) is 6.17. The molecule has 0 spiro atoms. The third-order valence-corrected chi connectivity index (χ3v) is 4.92. The smallest absolute Gasteiger partial charge is 0.321 e. The number of anilines is 1. The van der Waals surface area contributed by atoms with Gasteiger partial charge in [-0.1, -0.05) is 0 Å². The number of benzene rings is 1. The molecule has 126 valence electrons. The molecule has 0 saturated carbocycles. The fourth-order valence-corrected chi connectivity index (χ4v) is 3.45. The molecule has 0 radical (unpaired) electrons. The minimum Gasteiger partial charge on any atom is -0.487 e. The largest absolute Gasteiger partial charge is 0.487 e. The van der Waals surface area contributed by atoms with Crippen molar-refractivity contribution < 1.29 is 27.9 Å². The zero-order chi connectivity index (χ0) is 17.4. The second-order valence-corrected chi connectivity index (χ2v) is 7.08. The van der Waals surface area contributed by atoms with Crippen molar-refractivity contribution in [2.75, 3.05) is 11.4 Å². The van der Waals surface area contributed by atoms with E-state index in [0.29, 0.717) is 18.0 Å². The number of aliphatic carboxylic acids is 1. The van der Waals surface area contributed by atoms with Gasteiger partial charge in [-0.3, -0.25) is 9.59 Å². The summed E-state index contributed by atoms with van der Waals surface area (Å²) in [6, 6.07) is 2.81. The molecule has 1 aliphatic heterocycles. The van der Waals surface area contributed by atoms with Gasteiger partial charge in [-0.05, 0) is 32.0 Å². The average molecular weight is 342 g/mol. The molecular formula is C14H18N2O6S. The molecule has 2 N–H and O–H groups in total. The predicted octanol–water partition coefficient (Wildman–Crippen LogP) is 0.572. The molecule has 1 aliphatic rings. The van der Waals surface area contributed by atoms with Crippen LogP contribution in [0.15, 0.2) is 23.1 Å². The Labute approximate surface area is 134 Å². The van der Waals surface area contributed by atoms with Crippen molar-refractivity contribution in [3.63, 3.8) is 0 Å². The molecule has 0 saturated heterocycles. The van der Waals surface area contributed by atoms with Crippen LogP contribution in [-0.2, 0) is 19.6 Å². The number of hydrogen-bond acceptors (Lipinski definition) is 5. The van der Waals surface area contributed by atoms with Gasteiger partial charge >= 0.3 is 5.97 Å². The maximum Gasteiger partial charge on any atom is 0.321 e. The van der Waals surface area contributed by atoms with E-state index in [4.69, 9.17) is 9.84 Å². The quantitative estimate of drug-likeness (QED) is 0.827. The monoisotopic (exact) mass is 342 g/mol. The molecule has 0 aromatic heterocycles. The number of hydrogen-bond donors (Lipinski definition) is 2. The van der Waals surface area contributed by atoms with Crippen molar-refractivity contribution >= 4 is 27.6 Å². The first kappa shape index (κ1) is 17.2. The minimum absolute atomic E-state index is 0.131. The number of fused-ring (bicyclic) bond motifs is 1. The summed E-state index contributed by atoms with van der Waals surface area (Å²) in [5, 5.41) is 8.83. The van der Waals surface area contributed by atoms with Crippen molar-refractivity contribution in [3.8, 4) is 5.75 Å². The predicted molar refractivity (Wildman–Crippen MR) is 82.0 cm³/mol. The van der Waals surface area contributed by atoms with Crippen LogP contribution in [0.25, 0.3) is 0 Å². The highest BCUT2D eigenvalue weighted by atomic mass is 32.2. The molecule has 2 rings (SSSR count). The number of amides is 1. The van der Waals surface area contributed by atoms with Crippen LogP contribution in [0, 0.1) is 0 Å². The van der Waals surface area contributed by atoms with Gasteiger partial charge < -0.3 is 14.7 Å². The number of ether oxygens (including phenoxy) is 1. The molecule has 0 aliphatic carbocycles. The van der Waals surface area contributed by atoms with Crippen LogP contribution in [0.1, 0.15) is 20.8 Å². The summed E-state index contributed by atoms with van der Waals surface area (Å²) in [4.78, 5) is 23.9. The minimum atomic E-state index is -4.03. The van der Waals surface area contributed by atoms with Crippen molar-refractivity contribution in [1.29, 1.82) is 0 Å². The van der Waals surface area contributed by atoms with Gasteiger partial charge in [-0.15, -0.1) is 0 Å². The Kier molecular flexibility index (Phi) is 4.62. The Morgan fingerprint density at radius 3 is 2.65 bits per heavy atom. The Bertz CT molecular complexity index is 746. The first-order valence-corrected chi connectivity index (χ1v) is 8.44. The summed E-state index contributed by atoms with van der Waals surface area (Å²) < 4.78 is 32.2. The lowest BCUT2D eigenvalue weighted by atomic mass is 10.2. The lowest BCUT2D eigenvalue weighted by Gasteiger charge is -2.33. The number of sulfonamides is 1. The van der Waals surface area contributed by atoms with Crippen molar-refractivity contribution in [3.05, 3.63) is 18.2 Å². The fourth-order valence-electron chi connectivity index (χ4n) is 2.23. The lowest BCUT2D eigenvalue weighted by Crippen LogP contribution is -2.41. The van der Waals surface area contributed by atoms with E-state index in [9.17, 15) is 18.0 Å². The molecule has 8 nitrogen and oxygen atoms in total. The molecular weight excluding hydrogens is 324 g/mol. The Morgan fingerprint density at radius 2 is 2.09 bits per heavy atom. The van der Waals surface area contributed by atoms with E-state index in [1.54, 1.807) is 6.92 Å². The molecule has 1 aromatic carbocycles. The third-order valence-electron chi connectivity index (χ3n) is 3.38. The number of carboxylic acids is 1. The van der Waals surface area contributed by atoms with Gasteiger partial charge in [0.1, 0.15) is 17.9 Å². The van der Waals surface area contributed by atoms with Gasteiger partial charge in [0.15, 0.2) is 0 Å². The summed E-state index contributed by atoms with van der Waals surface area (Å²) >= 11 is 0. The molecule has 0 bridgehead atoms. The Hall–Kier alpha value is -2.13. The zero-order valence-corrected chi connectivity index (χ0v) is 13.8. The van der Waals surface area contributed by atoms with Gasteiger partial charge in [0.05, 0.1) is 17.1 Å². The van der Waals surface area contributed by atoms with Crippen molar-refractivity contribution in [1.82, 2.24) is 4.72 Å². The Balaban J connectivity index is 2.42. The van der Waals surface area contributed by atoms with Gasteiger partial charge in [0.2, 0.25) is 15.9 Å². The summed E-state index contributed by atoms with van der Waals surface area (Å²) in [6.07, 6.45) is -0.209. The molecule has 23 heavy (non-hydrogen) atoms. The molecule has 1 heterocycles. The number of nitrogens with zero attached hydrogens (tertiary/aromatic N) is 1. The van der Waals surface area contributed by atoms with Gasteiger partial charge in [-0.25, -0.2) is 8.42 Å². The van der Waals surface area contributed by atoms with Crippen LogP contribution in [0.4, 0.5) is 5.69 Å². The van der Waals surface area contributed by atoms with Crippen LogP contribution < -0.4 is 14.4 Å². The van der Waals surface area contributed by atoms with E-state index in [1.807, 2.05) is 0 Å². The van der Waals surface area contributed by atoms with Crippen molar-refractivity contribution in [2.24, 2.45) is 0 Å². The second-order valence-electron chi connectivity index (χ2n) is 5.37. The molecule has 9 heteroatoms. The summed E-state index contributed by atoms with van der Waals surface area (Å²) in [7, 11) is -4.03. The average Bonchev–Trinajstić information content (AvgIpc) is 2.44. The van der Waals surface area contributed by atoms with E-state index >= 15 is 0 Å². The maximum atomic E-state index is 12.3. The summed E-state index contributed by atoms with van der Waals surface area (Å²) in [6.45, 7) is 4.73. The molecule has 1 aromatic rings. The maximum absolute atomic E-state index is 12.3. The lowest BCUT2D eigenvalue weighted by molar-refractivity contribution is -0.138. The van der Waals surface area contributed by atoms with Crippen LogP contribution in [0.3, 0.4) is 0 Å². The Morgan fingerprint density at radius 1 is 1.43 bits per heavy atom. The topological polar surface area (TPSA) is 113 Å². The van der Waals surface area contributed by atoms with Gasteiger partial charge in [0.25, 0.3) is 0 Å². The fraction of sp³-hybridized carbons (Fsp3) is 0.429. The van der Waals surface area contributed by atoms with Crippen molar-refractivity contribution in [2.45, 2.75) is 37.8 Å². The normalized spacial score (nSPS) is 18.7. The van der Waals surface area contributed by atoms with E-state index in [0.717, 1.165) is 0 Å². The van der Waals surface area contributed by atoms with Gasteiger partial charge in [-0.2, -0.15) is 4.72 Å². The number of carboxylic acid groups (broad SMARTS) is 1. The van der Waals surface area contributed by atoms with Crippen LogP contribution in [0.5, 0.6) is 5.75 Å². The summed E-state index contributed by atoms with van der Waals surface area (Å²) in [5.41, 5.74) is 0.349. The standard InChI is InChI=1S/C14H18N2O6S/c1-8-7-16(10(3)17)12-6-11(4-5-13(12)22-8)23(20,21)15-9(2)14(18)19/h4-6,8-9,15H,7H2,1-3H3,(H,18,19). The molecule has 0 fully saturated rings. The molecule has 1 amide bonds. The number of carbonyl (C=O) groups is 2. The zero-order valence-electron chi connectivity index (χ0n) is 12.9. The number of nitrogens with one attached hydrogen (secondary N) is 1. The first-order chi connectivity index (χ1) is 10.6. The third kappa shape index (κ3) is 3.62. The van der Waals surface area contributed by atoms with Crippen LogP contribution in [0.2, 0.25) is 0 Å². The number of rotatable bonds is 4. The highest BCUT2D eigenvalue weighted by Gasteiger charge is 2.28. The molecule has 2 unspecified atom stereocenters. The molecule has 2 atom stereocenters. The van der Waals surface area contributed by atoms with E-state index in [-0.39, 0.29) is 16.9 Å². The SMILES string of the molecule is CC(=O)N1CC(C)Oc2ccc(S(=O)(=O)NC(C)C(=O)O)cc21. The van der Waals surface area contributed by atoms with E-state index in [1.165, 1.54) is 36.9 Å². The van der Waals surface area contributed by atoms with E-state index < -0.39 is 22.0 Å². The van der Waals surface area contributed by atoms with E-state index in [2.05, 4.69) is 4.72 Å². The van der Waals surface area contributed by atoms with Crippen LogP contribution in [-0.4, -0.2) is 44.1 Å². The summed E-state index contributed by atoms with van der Waals surface area (Å²) in [5.74, 6) is -1.11. The number of carbonyl (C=O) groups excluding carboxylic acids is 1. The van der Waals surface area contributed by atoms with Gasteiger partial charge in [0, 0.05) is 6.92 Å². The first-order valence-electron chi connectivity index (χ1n) is 6.96.